The molecule has 0 N–H and O–H groups in total. The normalized spacial score (nSPS) is 19.6. The summed E-state index contributed by atoms with van der Waals surface area (Å²) in [4.78, 5) is 34.0. The Bertz CT molecular complexity index is 436. The number of nitrogens with zero attached hydrogens (tertiary/aromatic N) is 4. The van der Waals surface area contributed by atoms with E-state index in [9.17, 15) is 9.59 Å². The fourth-order valence-electron chi connectivity index (χ4n) is 1.66. The molecule has 0 aromatic carbocycles. The standard InChI is InChI=1S/C10H12N4O3/c1-13-7(8(15)17-2)6-14(10(13)16)9-11-4-3-5-12-9/h3-5,7H,6H2,1-2H3. The number of carbonyl (C=O) groups excluding carboxylic acids is 2. The summed E-state index contributed by atoms with van der Waals surface area (Å²) in [5.41, 5.74) is 0. The van der Waals surface area contributed by atoms with Gasteiger partial charge in [-0.2, -0.15) is 0 Å². The maximum absolute atomic E-state index is 11.9. The van der Waals surface area contributed by atoms with Crippen molar-refractivity contribution >= 4 is 17.9 Å². The predicted molar refractivity (Wildman–Crippen MR) is 58.3 cm³/mol. The maximum atomic E-state index is 11.9. The highest BCUT2D eigenvalue weighted by Gasteiger charge is 2.41. The molecular weight excluding hydrogens is 224 g/mol. The number of urea groups is 1. The molecule has 2 rings (SSSR count). The molecule has 7 nitrogen and oxygen atoms in total. The van der Waals surface area contributed by atoms with Gasteiger partial charge in [0.2, 0.25) is 5.95 Å². The van der Waals surface area contributed by atoms with E-state index >= 15 is 0 Å². The second-order valence-corrected chi connectivity index (χ2v) is 3.59. The molecule has 1 saturated heterocycles. The molecule has 0 spiro atoms. The third-order valence-electron chi connectivity index (χ3n) is 2.62. The van der Waals surface area contributed by atoms with Crippen LogP contribution in [0, 0.1) is 0 Å². The van der Waals surface area contributed by atoms with E-state index in [1.807, 2.05) is 0 Å². The van der Waals surface area contributed by atoms with E-state index in [1.165, 1.54) is 16.9 Å². The van der Waals surface area contributed by atoms with Gasteiger partial charge in [-0.05, 0) is 6.07 Å². The molecule has 1 fully saturated rings. The maximum Gasteiger partial charge on any atom is 0.330 e. The summed E-state index contributed by atoms with van der Waals surface area (Å²) in [5, 5.41) is 0. The summed E-state index contributed by atoms with van der Waals surface area (Å²) >= 11 is 0. The Kier molecular flexibility index (Phi) is 2.90. The molecule has 1 aromatic heterocycles. The van der Waals surface area contributed by atoms with Crippen molar-refractivity contribution in [1.29, 1.82) is 0 Å². The number of ether oxygens (including phenoxy) is 1. The Labute approximate surface area is 98.0 Å². The van der Waals surface area contributed by atoms with Gasteiger partial charge in [-0.25, -0.2) is 19.6 Å². The van der Waals surface area contributed by atoms with E-state index in [0.29, 0.717) is 0 Å². The molecule has 1 aliphatic rings. The molecule has 1 unspecified atom stereocenters. The molecule has 1 atom stereocenters. The van der Waals surface area contributed by atoms with E-state index in [2.05, 4.69) is 14.7 Å². The molecule has 1 aliphatic heterocycles. The van der Waals surface area contributed by atoms with Crippen LogP contribution in [0.15, 0.2) is 18.5 Å². The van der Waals surface area contributed by atoms with Gasteiger partial charge in [0.25, 0.3) is 0 Å². The average molecular weight is 236 g/mol. The fourth-order valence-corrected chi connectivity index (χ4v) is 1.66. The second kappa shape index (κ2) is 4.36. The number of esters is 1. The molecular formula is C10H12N4O3. The number of hydrogen-bond donors (Lipinski definition) is 0. The van der Waals surface area contributed by atoms with Crippen LogP contribution in [0.1, 0.15) is 0 Å². The Balaban J connectivity index is 2.23. The van der Waals surface area contributed by atoms with Gasteiger partial charge in [0.1, 0.15) is 6.04 Å². The molecule has 7 heteroatoms. The van der Waals surface area contributed by atoms with Gasteiger partial charge in [0.05, 0.1) is 13.7 Å². The van der Waals surface area contributed by atoms with Gasteiger partial charge < -0.3 is 9.64 Å². The zero-order chi connectivity index (χ0) is 12.4. The average Bonchev–Trinajstić information content (AvgIpc) is 2.67. The van der Waals surface area contributed by atoms with Crippen molar-refractivity contribution in [2.45, 2.75) is 6.04 Å². The molecule has 1 aromatic rings. The smallest absolute Gasteiger partial charge is 0.330 e. The molecule has 0 bridgehead atoms. The molecule has 0 radical (unpaired) electrons. The minimum absolute atomic E-state index is 0.200. The monoisotopic (exact) mass is 236 g/mol. The Morgan fingerprint density at radius 1 is 1.47 bits per heavy atom. The van der Waals surface area contributed by atoms with Crippen molar-refractivity contribution in [3.05, 3.63) is 18.5 Å². The summed E-state index contributed by atoms with van der Waals surface area (Å²) in [6.45, 7) is 0.200. The van der Waals surface area contributed by atoms with Gasteiger partial charge in [-0.3, -0.25) is 4.90 Å². The van der Waals surface area contributed by atoms with E-state index in [1.54, 1.807) is 25.5 Å². The lowest BCUT2D eigenvalue weighted by Crippen LogP contribution is -2.37. The van der Waals surface area contributed by atoms with Crippen molar-refractivity contribution in [2.24, 2.45) is 0 Å². The van der Waals surface area contributed by atoms with E-state index in [4.69, 9.17) is 0 Å². The van der Waals surface area contributed by atoms with Crippen molar-refractivity contribution in [2.75, 3.05) is 25.6 Å². The Morgan fingerprint density at radius 2 is 2.12 bits per heavy atom. The lowest BCUT2D eigenvalue weighted by Gasteiger charge is -2.14. The number of aromatic nitrogens is 2. The van der Waals surface area contributed by atoms with Gasteiger partial charge >= 0.3 is 12.0 Å². The van der Waals surface area contributed by atoms with Gasteiger partial charge in [0, 0.05) is 19.4 Å². The van der Waals surface area contributed by atoms with E-state index < -0.39 is 12.0 Å². The van der Waals surface area contributed by atoms with Gasteiger partial charge in [-0.15, -0.1) is 0 Å². The Morgan fingerprint density at radius 3 is 2.71 bits per heavy atom. The quantitative estimate of drug-likeness (QED) is 0.670. The van der Waals surface area contributed by atoms with Crippen molar-refractivity contribution in [3.8, 4) is 0 Å². The van der Waals surface area contributed by atoms with Crippen LogP contribution in [0.5, 0.6) is 0 Å². The first-order valence-corrected chi connectivity index (χ1v) is 5.04. The highest BCUT2D eigenvalue weighted by Crippen LogP contribution is 2.19. The van der Waals surface area contributed by atoms with Gasteiger partial charge in [0.15, 0.2) is 0 Å². The molecule has 2 heterocycles. The zero-order valence-corrected chi connectivity index (χ0v) is 9.53. The van der Waals surface area contributed by atoms with Crippen molar-refractivity contribution in [1.82, 2.24) is 14.9 Å². The van der Waals surface area contributed by atoms with E-state index in [-0.39, 0.29) is 18.5 Å². The predicted octanol–water partition coefficient (Wildman–Crippen LogP) is -0.110. The third kappa shape index (κ3) is 1.91. The topological polar surface area (TPSA) is 75.6 Å². The summed E-state index contributed by atoms with van der Waals surface area (Å²) in [6, 6.07) is 0.730. The summed E-state index contributed by atoms with van der Waals surface area (Å²) in [5.74, 6) is -0.157. The molecule has 0 saturated carbocycles. The number of likely N-dealkylation sites (N-methyl/N-ethyl adjacent to an activating group) is 1. The number of rotatable bonds is 2. The number of methoxy groups -OCH3 is 1. The van der Waals surface area contributed by atoms with Crippen molar-refractivity contribution < 1.29 is 14.3 Å². The fraction of sp³-hybridized carbons (Fsp3) is 0.400. The number of carbonyl (C=O) groups is 2. The van der Waals surface area contributed by atoms with Crippen LogP contribution >= 0.6 is 0 Å². The lowest BCUT2D eigenvalue weighted by atomic mass is 10.3. The summed E-state index contributed by atoms with van der Waals surface area (Å²) < 4.78 is 4.64. The summed E-state index contributed by atoms with van der Waals surface area (Å²) in [6.07, 6.45) is 3.09. The molecule has 0 aliphatic carbocycles. The van der Waals surface area contributed by atoms with Crippen LogP contribution in [-0.4, -0.2) is 53.6 Å². The number of hydrogen-bond acceptors (Lipinski definition) is 5. The third-order valence-corrected chi connectivity index (χ3v) is 2.62. The molecule has 2 amide bonds. The van der Waals surface area contributed by atoms with Crippen LogP contribution in [-0.2, 0) is 9.53 Å². The minimum atomic E-state index is -0.615. The second-order valence-electron chi connectivity index (χ2n) is 3.59. The highest BCUT2D eigenvalue weighted by atomic mass is 16.5. The molecule has 17 heavy (non-hydrogen) atoms. The van der Waals surface area contributed by atoms with Gasteiger partial charge in [-0.1, -0.05) is 0 Å². The van der Waals surface area contributed by atoms with Crippen LogP contribution in [0.25, 0.3) is 0 Å². The SMILES string of the molecule is COC(=O)C1CN(c2ncccn2)C(=O)N1C. The number of amides is 2. The lowest BCUT2D eigenvalue weighted by molar-refractivity contribution is -0.144. The van der Waals surface area contributed by atoms with Crippen LogP contribution in [0.4, 0.5) is 10.7 Å². The van der Waals surface area contributed by atoms with Crippen LogP contribution < -0.4 is 4.90 Å². The minimum Gasteiger partial charge on any atom is -0.467 e. The first-order valence-electron chi connectivity index (χ1n) is 5.04. The highest BCUT2D eigenvalue weighted by molar-refractivity contribution is 5.97. The first kappa shape index (κ1) is 11.3. The Hall–Kier alpha value is -2.18. The van der Waals surface area contributed by atoms with Crippen LogP contribution in [0.3, 0.4) is 0 Å². The van der Waals surface area contributed by atoms with Crippen molar-refractivity contribution in [3.63, 3.8) is 0 Å². The summed E-state index contributed by atoms with van der Waals surface area (Å²) in [7, 11) is 2.84. The van der Waals surface area contributed by atoms with E-state index in [0.717, 1.165) is 0 Å². The van der Waals surface area contributed by atoms with Crippen LogP contribution in [0.2, 0.25) is 0 Å². The zero-order valence-electron chi connectivity index (χ0n) is 9.53. The molecule has 90 valence electrons. The number of anilines is 1. The first-order chi connectivity index (χ1) is 8.15. The largest absolute Gasteiger partial charge is 0.467 e.